The van der Waals surface area contributed by atoms with E-state index < -0.39 is 0 Å². The first-order chi connectivity index (χ1) is 10.2. The van der Waals surface area contributed by atoms with Gasteiger partial charge < -0.3 is 10.1 Å². The van der Waals surface area contributed by atoms with Gasteiger partial charge in [-0.15, -0.1) is 17.0 Å². The van der Waals surface area contributed by atoms with Crippen molar-refractivity contribution in [3.8, 4) is 5.75 Å². The second kappa shape index (κ2) is 8.25. The van der Waals surface area contributed by atoms with E-state index >= 15 is 0 Å². The van der Waals surface area contributed by atoms with Crippen LogP contribution in [0.1, 0.15) is 36.8 Å². The van der Waals surface area contributed by atoms with Crippen molar-refractivity contribution >= 4 is 33.9 Å². The first-order valence-corrected chi connectivity index (χ1v) is 8.88. The molecule has 0 radical (unpaired) electrons. The van der Waals surface area contributed by atoms with Crippen LogP contribution in [-0.2, 0) is 0 Å². The molecule has 0 aromatic heterocycles. The molecule has 3 nitrogen and oxygen atoms in total. The molecule has 0 bridgehead atoms. The molecule has 0 spiro atoms. The highest BCUT2D eigenvalue weighted by atomic mass is 79.9. The fraction of sp³-hybridized carbons (Fsp3) is 0.588. The first kappa shape index (κ1) is 17.7. The summed E-state index contributed by atoms with van der Waals surface area (Å²) in [5.74, 6) is 1.95. The molecular weight excluding hydrogens is 360 g/mol. The summed E-state index contributed by atoms with van der Waals surface area (Å²) in [7, 11) is 0. The highest BCUT2D eigenvalue weighted by Gasteiger charge is 2.30. The Hall–Kier alpha value is -0.680. The SMILES string of the molecule is Br.Cc1ccc(C)c(OCCSC2=NC3CCCCC3N2)c1. The van der Waals surface area contributed by atoms with Crippen LogP contribution in [0.3, 0.4) is 0 Å². The Morgan fingerprint density at radius 1 is 1.27 bits per heavy atom. The van der Waals surface area contributed by atoms with Crippen LogP contribution < -0.4 is 10.1 Å². The van der Waals surface area contributed by atoms with E-state index in [-0.39, 0.29) is 17.0 Å². The van der Waals surface area contributed by atoms with E-state index in [1.165, 1.54) is 36.8 Å². The zero-order valence-electron chi connectivity index (χ0n) is 13.3. The molecule has 1 saturated carbocycles. The van der Waals surface area contributed by atoms with Gasteiger partial charge in [-0.1, -0.05) is 36.7 Å². The largest absolute Gasteiger partial charge is 0.492 e. The van der Waals surface area contributed by atoms with Gasteiger partial charge in [-0.3, -0.25) is 4.99 Å². The maximum atomic E-state index is 5.89. The highest BCUT2D eigenvalue weighted by Crippen LogP contribution is 2.27. The zero-order valence-corrected chi connectivity index (χ0v) is 15.8. The molecule has 1 aliphatic carbocycles. The Labute approximate surface area is 148 Å². The van der Waals surface area contributed by atoms with Crippen LogP contribution in [0, 0.1) is 13.8 Å². The maximum Gasteiger partial charge on any atom is 0.157 e. The van der Waals surface area contributed by atoms with Crippen molar-refractivity contribution in [3.63, 3.8) is 0 Å². The van der Waals surface area contributed by atoms with Crippen LogP contribution in [-0.4, -0.2) is 29.6 Å². The normalized spacial score (nSPS) is 23.1. The van der Waals surface area contributed by atoms with Gasteiger partial charge in [0, 0.05) is 5.75 Å². The molecule has 1 aromatic rings. The van der Waals surface area contributed by atoms with Crippen molar-refractivity contribution < 1.29 is 4.74 Å². The number of halogens is 1. The minimum absolute atomic E-state index is 0. The molecule has 122 valence electrons. The standard InChI is InChI=1S/C17H24N2OS.BrH/c1-12-7-8-13(2)16(11-12)20-9-10-21-17-18-14-5-3-4-6-15(14)19-17;/h7-8,11,14-15H,3-6,9-10H2,1-2H3,(H,18,19);1H. The minimum atomic E-state index is 0. The highest BCUT2D eigenvalue weighted by molar-refractivity contribution is 8.93. The zero-order chi connectivity index (χ0) is 14.7. The van der Waals surface area contributed by atoms with E-state index in [0.717, 1.165) is 23.3 Å². The first-order valence-electron chi connectivity index (χ1n) is 7.89. The third kappa shape index (κ3) is 4.42. The van der Waals surface area contributed by atoms with E-state index in [1.807, 2.05) is 0 Å². The summed E-state index contributed by atoms with van der Waals surface area (Å²) >= 11 is 1.79. The Balaban J connectivity index is 0.00000176. The van der Waals surface area contributed by atoms with Crippen molar-refractivity contribution in [2.45, 2.75) is 51.6 Å². The van der Waals surface area contributed by atoms with Gasteiger partial charge in [0.1, 0.15) is 5.75 Å². The Morgan fingerprint density at radius 2 is 2.09 bits per heavy atom. The number of fused-ring (bicyclic) bond motifs is 1. The van der Waals surface area contributed by atoms with Crippen LogP contribution in [0.2, 0.25) is 0 Å². The molecule has 5 heteroatoms. The van der Waals surface area contributed by atoms with Crippen molar-refractivity contribution in [1.82, 2.24) is 5.32 Å². The van der Waals surface area contributed by atoms with Crippen molar-refractivity contribution in [1.29, 1.82) is 0 Å². The van der Waals surface area contributed by atoms with Gasteiger partial charge in [-0.2, -0.15) is 0 Å². The smallest absolute Gasteiger partial charge is 0.157 e. The van der Waals surface area contributed by atoms with Crippen LogP contribution >= 0.6 is 28.7 Å². The molecule has 3 rings (SSSR count). The minimum Gasteiger partial charge on any atom is -0.492 e. The van der Waals surface area contributed by atoms with Crippen molar-refractivity contribution in [3.05, 3.63) is 29.3 Å². The lowest BCUT2D eigenvalue weighted by molar-refractivity contribution is 0.341. The quantitative estimate of drug-likeness (QED) is 0.787. The van der Waals surface area contributed by atoms with Crippen LogP contribution in [0.15, 0.2) is 23.2 Å². The van der Waals surface area contributed by atoms with Crippen molar-refractivity contribution in [2.75, 3.05) is 12.4 Å². The van der Waals surface area contributed by atoms with E-state index in [2.05, 4.69) is 37.4 Å². The van der Waals surface area contributed by atoms with Gasteiger partial charge in [0.15, 0.2) is 5.17 Å². The summed E-state index contributed by atoms with van der Waals surface area (Å²) in [6.45, 7) is 4.92. The number of amidine groups is 1. The molecule has 2 aliphatic rings. The number of aryl methyl sites for hydroxylation is 2. The van der Waals surface area contributed by atoms with E-state index in [9.17, 15) is 0 Å². The number of thioether (sulfide) groups is 1. The number of ether oxygens (including phenoxy) is 1. The van der Waals surface area contributed by atoms with Gasteiger partial charge in [0.2, 0.25) is 0 Å². The Bertz CT molecular complexity index is 535. The number of aliphatic imine (C=N–C) groups is 1. The summed E-state index contributed by atoms with van der Waals surface area (Å²) in [5, 5.41) is 4.69. The molecule has 2 atom stereocenters. The van der Waals surface area contributed by atoms with Gasteiger partial charge in [0.05, 0.1) is 18.7 Å². The average molecular weight is 385 g/mol. The number of nitrogens with zero attached hydrogens (tertiary/aromatic N) is 1. The lowest BCUT2D eigenvalue weighted by Crippen LogP contribution is -2.36. The monoisotopic (exact) mass is 384 g/mol. The number of benzene rings is 1. The molecule has 1 N–H and O–H groups in total. The maximum absolute atomic E-state index is 5.89. The number of nitrogens with one attached hydrogen (secondary N) is 1. The van der Waals surface area contributed by atoms with Gasteiger partial charge in [-0.25, -0.2) is 0 Å². The third-order valence-electron chi connectivity index (χ3n) is 4.24. The number of hydrogen-bond acceptors (Lipinski definition) is 4. The molecule has 1 aliphatic heterocycles. The topological polar surface area (TPSA) is 33.6 Å². The predicted octanol–water partition coefficient (Wildman–Crippen LogP) is 4.26. The molecule has 1 aromatic carbocycles. The molecule has 22 heavy (non-hydrogen) atoms. The summed E-state index contributed by atoms with van der Waals surface area (Å²) in [6, 6.07) is 7.48. The second-order valence-electron chi connectivity index (χ2n) is 6.00. The fourth-order valence-corrected chi connectivity index (χ4v) is 3.82. The molecule has 1 fully saturated rings. The lowest BCUT2D eigenvalue weighted by atomic mass is 9.92. The Morgan fingerprint density at radius 3 is 2.91 bits per heavy atom. The fourth-order valence-electron chi connectivity index (χ4n) is 3.01. The van der Waals surface area contributed by atoms with Gasteiger partial charge in [0.25, 0.3) is 0 Å². The number of hydrogen-bond donors (Lipinski definition) is 1. The number of rotatable bonds is 4. The summed E-state index contributed by atoms with van der Waals surface area (Å²) < 4.78 is 5.89. The van der Waals surface area contributed by atoms with Crippen LogP contribution in [0.25, 0.3) is 0 Å². The van der Waals surface area contributed by atoms with E-state index in [0.29, 0.717) is 12.1 Å². The molecule has 0 amide bonds. The summed E-state index contributed by atoms with van der Waals surface area (Å²) in [5.41, 5.74) is 2.45. The van der Waals surface area contributed by atoms with E-state index in [4.69, 9.17) is 9.73 Å². The predicted molar refractivity (Wildman–Crippen MR) is 101 cm³/mol. The van der Waals surface area contributed by atoms with Gasteiger partial charge in [-0.05, 0) is 43.9 Å². The lowest BCUT2D eigenvalue weighted by Gasteiger charge is -2.23. The molecular formula is C17H25BrN2OS. The third-order valence-corrected chi connectivity index (χ3v) is 5.11. The van der Waals surface area contributed by atoms with Crippen LogP contribution in [0.5, 0.6) is 5.75 Å². The molecule has 2 unspecified atom stereocenters. The molecule has 0 saturated heterocycles. The summed E-state index contributed by atoms with van der Waals surface area (Å²) in [6.07, 6.45) is 5.20. The van der Waals surface area contributed by atoms with Crippen LogP contribution in [0.4, 0.5) is 0 Å². The second-order valence-corrected chi connectivity index (χ2v) is 7.09. The molecule has 1 heterocycles. The van der Waals surface area contributed by atoms with E-state index in [1.54, 1.807) is 11.8 Å². The Kier molecular flexibility index (Phi) is 6.63. The van der Waals surface area contributed by atoms with Crippen molar-refractivity contribution in [2.24, 2.45) is 4.99 Å². The van der Waals surface area contributed by atoms with Gasteiger partial charge >= 0.3 is 0 Å². The average Bonchev–Trinajstić information content (AvgIpc) is 2.89. The summed E-state index contributed by atoms with van der Waals surface area (Å²) in [4.78, 5) is 4.80.